The Morgan fingerprint density at radius 2 is 1.95 bits per heavy atom. The van der Waals surface area contributed by atoms with E-state index in [1.165, 1.54) is 40.6 Å². The molecule has 0 spiro atoms. The molecule has 114 valence electrons. The second kappa shape index (κ2) is 6.27. The number of thiophene rings is 1. The molecule has 2 heterocycles. The van der Waals surface area contributed by atoms with Crippen molar-refractivity contribution in [1.29, 1.82) is 0 Å². The highest BCUT2D eigenvalue weighted by Crippen LogP contribution is 2.32. The molecule has 2 aromatic heterocycles. The molecule has 0 unspecified atom stereocenters. The topological polar surface area (TPSA) is 71.1 Å². The van der Waals surface area contributed by atoms with Crippen molar-refractivity contribution in [3.05, 3.63) is 51.5 Å². The van der Waals surface area contributed by atoms with E-state index in [0.29, 0.717) is 16.4 Å². The van der Waals surface area contributed by atoms with Crippen molar-refractivity contribution in [1.82, 2.24) is 15.8 Å². The van der Waals surface area contributed by atoms with Crippen LogP contribution in [-0.4, -0.2) is 16.8 Å². The van der Waals surface area contributed by atoms with Crippen molar-refractivity contribution in [3.63, 3.8) is 0 Å². The first kappa shape index (κ1) is 14.7. The van der Waals surface area contributed by atoms with Gasteiger partial charge in [0.05, 0.1) is 4.88 Å². The van der Waals surface area contributed by atoms with Gasteiger partial charge in [0, 0.05) is 22.8 Å². The zero-order chi connectivity index (χ0) is 15.5. The Morgan fingerprint density at radius 1 is 1.23 bits per heavy atom. The molecule has 1 aliphatic rings. The number of nitrogens with zero attached hydrogens (tertiary/aromatic N) is 1. The van der Waals surface area contributed by atoms with Gasteiger partial charge in [-0.25, -0.2) is 0 Å². The maximum Gasteiger partial charge on any atom is 0.279 e. The maximum absolute atomic E-state index is 12.2. The van der Waals surface area contributed by atoms with Crippen molar-refractivity contribution in [3.8, 4) is 0 Å². The number of aromatic nitrogens is 1. The number of rotatable bonds is 2. The number of fused-ring (bicyclic) bond motifs is 1. The third kappa shape index (κ3) is 3.17. The molecule has 0 fully saturated rings. The summed E-state index contributed by atoms with van der Waals surface area (Å²) in [6.45, 7) is 2.23. The lowest BCUT2D eigenvalue weighted by molar-refractivity contribution is 0.0849. The van der Waals surface area contributed by atoms with Crippen LogP contribution in [0.4, 0.5) is 0 Å². The fourth-order valence-corrected chi connectivity index (χ4v) is 3.67. The summed E-state index contributed by atoms with van der Waals surface area (Å²) in [5, 5.41) is 0. The lowest BCUT2D eigenvalue weighted by atomic mass is 9.90. The number of carbonyl (C=O) groups excluding carboxylic acids is 2. The molecule has 0 aromatic carbocycles. The van der Waals surface area contributed by atoms with Gasteiger partial charge in [-0.2, -0.15) is 0 Å². The highest BCUT2D eigenvalue weighted by Gasteiger charge is 2.20. The van der Waals surface area contributed by atoms with Gasteiger partial charge in [0.1, 0.15) is 0 Å². The molecule has 0 bridgehead atoms. The molecule has 2 aromatic rings. The van der Waals surface area contributed by atoms with Gasteiger partial charge < -0.3 is 0 Å². The first-order valence-electron chi connectivity index (χ1n) is 7.26. The molecule has 0 saturated carbocycles. The Bertz CT molecular complexity index is 697. The molecule has 22 heavy (non-hydrogen) atoms. The summed E-state index contributed by atoms with van der Waals surface area (Å²) in [6, 6.07) is 5.13. The first-order valence-corrected chi connectivity index (χ1v) is 8.07. The Labute approximate surface area is 132 Å². The Balaban J connectivity index is 1.62. The highest BCUT2D eigenvalue weighted by atomic mass is 32.1. The van der Waals surface area contributed by atoms with E-state index in [0.717, 1.165) is 12.8 Å². The number of nitrogens with one attached hydrogen (secondary N) is 2. The number of hydrazine groups is 1. The average Bonchev–Trinajstić information content (AvgIpc) is 2.96. The maximum atomic E-state index is 12.2. The minimum Gasteiger partial charge on any atom is -0.267 e. The Hall–Kier alpha value is -2.21. The van der Waals surface area contributed by atoms with Gasteiger partial charge in [-0.3, -0.25) is 25.4 Å². The van der Waals surface area contributed by atoms with Crippen molar-refractivity contribution in [2.24, 2.45) is 5.92 Å². The van der Waals surface area contributed by atoms with Crippen molar-refractivity contribution in [2.75, 3.05) is 0 Å². The number of hydrogen-bond donors (Lipinski definition) is 2. The average molecular weight is 315 g/mol. The van der Waals surface area contributed by atoms with Gasteiger partial charge in [-0.05, 0) is 48.9 Å². The van der Waals surface area contributed by atoms with Gasteiger partial charge in [-0.15, -0.1) is 11.3 Å². The number of carbonyl (C=O) groups is 2. The van der Waals surface area contributed by atoms with E-state index in [4.69, 9.17) is 0 Å². The van der Waals surface area contributed by atoms with E-state index in [1.807, 2.05) is 6.07 Å². The number of hydrogen-bond acceptors (Lipinski definition) is 4. The predicted molar refractivity (Wildman–Crippen MR) is 84.7 cm³/mol. The standard InChI is InChI=1S/C16H17N3O2S/c1-10-2-3-13-12(8-10)9-14(22-13)16(21)19-18-15(20)11-4-6-17-7-5-11/h4-7,9-10H,2-3,8H2,1H3,(H,18,20)(H,19,21)/t10-/m0/s1. The third-order valence-corrected chi connectivity index (χ3v) is 5.02. The minimum absolute atomic E-state index is 0.269. The van der Waals surface area contributed by atoms with E-state index >= 15 is 0 Å². The molecule has 2 N–H and O–H groups in total. The molecular formula is C16H17N3O2S. The third-order valence-electron chi connectivity index (χ3n) is 3.79. The normalized spacial score (nSPS) is 16.7. The smallest absolute Gasteiger partial charge is 0.267 e. The monoisotopic (exact) mass is 315 g/mol. The quantitative estimate of drug-likeness (QED) is 0.836. The van der Waals surface area contributed by atoms with Crippen LogP contribution in [-0.2, 0) is 12.8 Å². The van der Waals surface area contributed by atoms with Gasteiger partial charge in [0.2, 0.25) is 0 Å². The van der Waals surface area contributed by atoms with E-state index in [1.54, 1.807) is 12.1 Å². The van der Waals surface area contributed by atoms with E-state index in [-0.39, 0.29) is 11.8 Å². The molecular weight excluding hydrogens is 298 g/mol. The van der Waals surface area contributed by atoms with Crippen LogP contribution in [0.2, 0.25) is 0 Å². The molecule has 0 aliphatic heterocycles. The summed E-state index contributed by atoms with van der Waals surface area (Å²) < 4.78 is 0. The van der Waals surface area contributed by atoms with Crippen LogP contribution < -0.4 is 10.9 Å². The second-order valence-corrected chi connectivity index (χ2v) is 6.69. The molecule has 1 atom stereocenters. The number of pyridine rings is 1. The van der Waals surface area contributed by atoms with Crippen LogP contribution in [0.1, 0.15) is 43.8 Å². The van der Waals surface area contributed by atoms with Crippen LogP contribution in [0.25, 0.3) is 0 Å². The summed E-state index contributed by atoms with van der Waals surface area (Å²) in [5.41, 5.74) is 6.62. The first-order chi connectivity index (χ1) is 10.6. The van der Waals surface area contributed by atoms with Crippen LogP contribution in [0.15, 0.2) is 30.6 Å². The fraction of sp³-hybridized carbons (Fsp3) is 0.312. The van der Waals surface area contributed by atoms with E-state index in [9.17, 15) is 9.59 Å². The zero-order valence-electron chi connectivity index (χ0n) is 12.3. The lowest BCUT2D eigenvalue weighted by Crippen LogP contribution is -2.41. The van der Waals surface area contributed by atoms with Crippen LogP contribution in [0, 0.1) is 5.92 Å². The summed E-state index contributed by atoms with van der Waals surface area (Å²) in [5.74, 6) is 0.0459. The molecule has 3 rings (SSSR count). The second-order valence-electron chi connectivity index (χ2n) is 5.55. The lowest BCUT2D eigenvalue weighted by Gasteiger charge is -2.16. The Morgan fingerprint density at radius 3 is 2.73 bits per heavy atom. The van der Waals surface area contributed by atoms with Crippen LogP contribution in [0.3, 0.4) is 0 Å². The fourth-order valence-electron chi connectivity index (χ4n) is 2.57. The molecule has 1 aliphatic carbocycles. The van der Waals surface area contributed by atoms with E-state index in [2.05, 4.69) is 22.8 Å². The molecule has 6 heteroatoms. The van der Waals surface area contributed by atoms with Gasteiger partial charge in [0.25, 0.3) is 11.8 Å². The molecule has 0 saturated heterocycles. The van der Waals surface area contributed by atoms with Crippen LogP contribution >= 0.6 is 11.3 Å². The van der Waals surface area contributed by atoms with E-state index < -0.39 is 0 Å². The largest absolute Gasteiger partial charge is 0.279 e. The van der Waals surface area contributed by atoms with Crippen molar-refractivity contribution in [2.45, 2.75) is 26.2 Å². The number of amides is 2. The molecule has 5 nitrogen and oxygen atoms in total. The summed E-state index contributed by atoms with van der Waals surface area (Å²) in [7, 11) is 0. The van der Waals surface area contributed by atoms with Crippen LogP contribution in [0.5, 0.6) is 0 Å². The summed E-state index contributed by atoms with van der Waals surface area (Å²) >= 11 is 1.52. The highest BCUT2D eigenvalue weighted by molar-refractivity contribution is 7.14. The van der Waals surface area contributed by atoms with Gasteiger partial charge in [-0.1, -0.05) is 6.92 Å². The summed E-state index contributed by atoms with van der Waals surface area (Å²) in [6.07, 6.45) is 6.31. The minimum atomic E-state index is -0.356. The summed E-state index contributed by atoms with van der Waals surface area (Å²) in [4.78, 5) is 29.8. The van der Waals surface area contributed by atoms with Crippen molar-refractivity contribution < 1.29 is 9.59 Å². The molecule has 2 amide bonds. The SMILES string of the molecule is C[C@H]1CCc2sc(C(=O)NNC(=O)c3ccncc3)cc2C1. The Kier molecular flexibility index (Phi) is 4.20. The molecule has 0 radical (unpaired) electrons. The van der Waals surface area contributed by atoms with Gasteiger partial charge in [0.15, 0.2) is 0 Å². The van der Waals surface area contributed by atoms with Gasteiger partial charge >= 0.3 is 0 Å². The zero-order valence-corrected chi connectivity index (χ0v) is 13.1. The number of aryl methyl sites for hydroxylation is 1. The predicted octanol–water partition coefficient (Wildman–Crippen LogP) is 2.34. The van der Waals surface area contributed by atoms with Crippen molar-refractivity contribution >= 4 is 23.2 Å².